The minimum Gasteiger partial charge on any atom is -0.384 e. The van der Waals surface area contributed by atoms with Gasteiger partial charge in [-0.15, -0.1) is 0 Å². The molecular formula is C8H13N3. The van der Waals surface area contributed by atoms with Gasteiger partial charge in [-0.1, -0.05) is 13.0 Å². The number of rotatable bonds is 2. The number of nitrogen functional groups attached to an aromatic ring is 1. The Hall–Kier alpha value is -1.09. The van der Waals surface area contributed by atoms with Crippen LogP contribution in [0.2, 0.25) is 0 Å². The van der Waals surface area contributed by atoms with E-state index in [0.717, 1.165) is 12.1 Å². The van der Waals surface area contributed by atoms with Crippen LogP contribution in [-0.2, 0) is 0 Å². The summed E-state index contributed by atoms with van der Waals surface area (Å²) >= 11 is 0. The zero-order valence-corrected chi connectivity index (χ0v) is 6.62. The molecule has 0 radical (unpaired) electrons. The highest BCUT2D eigenvalue weighted by Gasteiger charge is 2.03. The van der Waals surface area contributed by atoms with Crippen molar-refractivity contribution in [1.29, 1.82) is 0 Å². The molecule has 0 unspecified atom stereocenters. The molecule has 1 aromatic heterocycles. The Morgan fingerprint density at radius 2 is 2.27 bits per heavy atom. The molecule has 3 heteroatoms. The molecule has 1 atom stereocenters. The number of anilines is 1. The molecule has 60 valence electrons. The normalized spacial score (nSPS) is 12.9. The van der Waals surface area contributed by atoms with Crippen LogP contribution in [0.5, 0.6) is 0 Å². The Kier molecular flexibility index (Phi) is 2.44. The van der Waals surface area contributed by atoms with E-state index in [2.05, 4.69) is 4.98 Å². The van der Waals surface area contributed by atoms with Gasteiger partial charge in [-0.2, -0.15) is 0 Å². The maximum absolute atomic E-state index is 5.75. The average molecular weight is 151 g/mol. The van der Waals surface area contributed by atoms with Crippen LogP contribution in [0.4, 0.5) is 5.82 Å². The third-order valence-electron chi connectivity index (χ3n) is 1.61. The van der Waals surface area contributed by atoms with Gasteiger partial charge >= 0.3 is 0 Å². The fourth-order valence-electron chi connectivity index (χ4n) is 0.885. The van der Waals surface area contributed by atoms with Gasteiger partial charge in [0.05, 0.1) is 5.69 Å². The molecule has 0 saturated carbocycles. The smallest absolute Gasteiger partial charge is 0.123 e. The van der Waals surface area contributed by atoms with E-state index in [1.54, 1.807) is 6.07 Å². The van der Waals surface area contributed by atoms with E-state index in [1.165, 1.54) is 0 Å². The Bertz CT molecular complexity index is 235. The summed E-state index contributed by atoms with van der Waals surface area (Å²) in [6.07, 6.45) is 0.885. The summed E-state index contributed by atoms with van der Waals surface area (Å²) in [4.78, 5) is 4.10. The lowest BCUT2D eigenvalue weighted by atomic mass is 10.1. The van der Waals surface area contributed by atoms with E-state index in [0.29, 0.717) is 5.82 Å². The maximum atomic E-state index is 5.75. The van der Waals surface area contributed by atoms with Crippen molar-refractivity contribution in [3.05, 3.63) is 23.9 Å². The monoisotopic (exact) mass is 151 g/mol. The average Bonchev–Trinajstić information content (AvgIpc) is 2.03. The van der Waals surface area contributed by atoms with E-state index in [9.17, 15) is 0 Å². The molecule has 0 saturated heterocycles. The second-order valence-electron chi connectivity index (χ2n) is 2.50. The molecule has 0 amide bonds. The van der Waals surface area contributed by atoms with Gasteiger partial charge < -0.3 is 11.5 Å². The molecule has 11 heavy (non-hydrogen) atoms. The molecular weight excluding hydrogens is 138 g/mol. The van der Waals surface area contributed by atoms with Gasteiger partial charge in [0.15, 0.2) is 0 Å². The number of nitrogens with zero attached hydrogens (tertiary/aromatic N) is 1. The largest absolute Gasteiger partial charge is 0.384 e. The summed E-state index contributed by atoms with van der Waals surface area (Å²) in [5.74, 6) is 0.534. The Morgan fingerprint density at radius 1 is 1.55 bits per heavy atom. The summed E-state index contributed by atoms with van der Waals surface area (Å²) < 4.78 is 0. The SMILES string of the molecule is CC[C@@H](N)c1cccc(N)n1. The van der Waals surface area contributed by atoms with Crippen molar-refractivity contribution < 1.29 is 0 Å². The fourth-order valence-corrected chi connectivity index (χ4v) is 0.885. The van der Waals surface area contributed by atoms with E-state index >= 15 is 0 Å². The molecule has 1 rings (SSSR count). The van der Waals surface area contributed by atoms with Crippen LogP contribution in [0.1, 0.15) is 25.1 Å². The lowest BCUT2D eigenvalue weighted by Gasteiger charge is -2.07. The zero-order chi connectivity index (χ0) is 8.27. The molecule has 0 aliphatic carbocycles. The molecule has 0 aliphatic heterocycles. The standard InChI is InChI=1S/C8H13N3/c1-2-6(9)7-4-3-5-8(10)11-7/h3-6H,2,9H2,1H3,(H2,10,11)/t6-/m1/s1. The van der Waals surface area contributed by atoms with Crippen molar-refractivity contribution in [1.82, 2.24) is 4.98 Å². The van der Waals surface area contributed by atoms with Gasteiger partial charge in [0, 0.05) is 6.04 Å². The van der Waals surface area contributed by atoms with E-state index in [-0.39, 0.29) is 6.04 Å². The first-order valence-electron chi connectivity index (χ1n) is 3.72. The van der Waals surface area contributed by atoms with Crippen LogP contribution in [0.25, 0.3) is 0 Å². The second-order valence-corrected chi connectivity index (χ2v) is 2.50. The third kappa shape index (κ3) is 1.91. The number of pyridine rings is 1. The van der Waals surface area contributed by atoms with Gasteiger partial charge in [-0.3, -0.25) is 0 Å². The summed E-state index contributed by atoms with van der Waals surface area (Å²) in [5.41, 5.74) is 12.1. The highest BCUT2D eigenvalue weighted by Crippen LogP contribution is 2.11. The summed E-state index contributed by atoms with van der Waals surface area (Å²) in [6.45, 7) is 2.02. The molecule has 1 heterocycles. The van der Waals surface area contributed by atoms with Crippen molar-refractivity contribution in [3.8, 4) is 0 Å². The summed E-state index contributed by atoms with van der Waals surface area (Å²) in [7, 11) is 0. The molecule has 0 spiro atoms. The first kappa shape index (κ1) is 8.01. The minimum absolute atomic E-state index is 0.0125. The van der Waals surface area contributed by atoms with Crippen molar-refractivity contribution in [2.24, 2.45) is 5.73 Å². The number of hydrogen-bond donors (Lipinski definition) is 2. The summed E-state index contributed by atoms with van der Waals surface area (Å²) in [5, 5.41) is 0. The van der Waals surface area contributed by atoms with Gasteiger partial charge in [0.2, 0.25) is 0 Å². The lowest BCUT2D eigenvalue weighted by molar-refractivity contribution is 0.677. The van der Waals surface area contributed by atoms with Crippen LogP contribution in [0.15, 0.2) is 18.2 Å². The Balaban J connectivity index is 2.86. The number of nitrogens with two attached hydrogens (primary N) is 2. The molecule has 3 nitrogen and oxygen atoms in total. The molecule has 0 bridgehead atoms. The van der Waals surface area contributed by atoms with E-state index in [4.69, 9.17) is 11.5 Å². The first-order valence-corrected chi connectivity index (χ1v) is 3.72. The zero-order valence-electron chi connectivity index (χ0n) is 6.62. The van der Waals surface area contributed by atoms with Gasteiger partial charge in [-0.05, 0) is 18.6 Å². The predicted octanol–water partition coefficient (Wildman–Crippen LogP) is 1.07. The van der Waals surface area contributed by atoms with E-state index in [1.807, 2.05) is 19.1 Å². The van der Waals surface area contributed by atoms with Crippen LogP contribution in [0, 0.1) is 0 Å². The third-order valence-corrected chi connectivity index (χ3v) is 1.61. The Morgan fingerprint density at radius 3 is 2.82 bits per heavy atom. The van der Waals surface area contributed by atoms with Gasteiger partial charge in [0.1, 0.15) is 5.82 Å². The molecule has 4 N–H and O–H groups in total. The van der Waals surface area contributed by atoms with Crippen LogP contribution in [-0.4, -0.2) is 4.98 Å². The van der Waals surface area contributed by atoms with Crippen molar-refractivity contribution >= 4 is 5.82 Å². The molecule has 0 fully saturated rings. The second kappa shape index (κ2) is 3.34. The Labute approximate surface area is 66.4 Å². The van der Waals surface area contributed by atoms with Crippen LogP contribution < -0.4 is 11.5 Å². The van der Waals surface area contributed by atoms with Crippen LogP contribution >= 0.6 is 0 Å². The first-order chi connectivity index (χ1) is 5.24. The minimum atomic E-state index is 0.0125. The highest BCUT2D eigenvalue weighted by molar-refractivity contribution is 5.29. The predicted molar refractivity (Wildman–Crippen MR) is 45.9 cm³/mol. The van der Waals surface area contributed by atoms with Crippen LogP contribution in [0.3, 0.4) is 0 Å². The molecule has 1 aromatic rings. The van der Waals surface area contributed by atoms with E-state index < -0.39 is 0 Å². The number of hydrogen-bond acceptors (Lipinski definition) is 3. The molecule has 0 aromatic carbocycles. The quantitative estimate of drug-likeness (QED) is 0.664. The van der Waals surface area contributed by atoms with Gasteiger partial charge in [-0.25, -0.2) is 4.98 Å². The van der Waals surface area contributed by atoms with Gasteiger partial charge in [0.25, 0.3) is 0 Å². The highest BCUT2D eigenvalue weighted by atomic mass is 14.9. The molecule has 0 aliphatic rings. The van der Waals surface area contributed by atoms with Crippen molar-refractivity contribution in [3.63, 3.8) is 0 Å². The van der Waals surface area contributed by atoms with Crippen molar-refractivity contribution in [2.45, 2.75) is 19.4 Å². The van der Waals surface area contributed by atoms with Crippen molar-refractivity contribution in [2.75, 3.05) is 5.73 Å². The fraction of sp³-hybridized carbons (Fsp3) is 0.375. The summed E-state index contributed by atoms with van der Waals surface area (Å²) in [6, 6.07) is 5.53. The number of aromatic nitrogens is 1. The lowest BCUT2D eigenvalue weighted by Crippen LogP contribution is -2.11. The maximum Gasteiger partial charge on any atom is 0.123 e. The topological polar surface area (TPSA) is 64.9 Å².